The van der Waals surface area contributed by atoms with Gasteiger partial charge in [-0.1, -0.05) is 140 Å². The lowest BCUT2D eigenvalue weighted by Gasteiger charge is -2.19. The van der Waals surface area contributed by atoms with Crippen LogP contribution in [0, 0.1) is 0 Å². The summed E-state index contributed by atoms with van der Waals surface area (Å²) in [6.07, 6.45) is 9.26. The molecule has 7 aromatic carbocycles. The Kier molecular flexibility index (Phi) is 5.61. The second-order valence-corrected chi connectivity index (χ2v) is 12.5. The fourth-order valence-corrected chi connectivity index (χ4v) is 8.49. The van der Waals surface area contributed by atoms with Crippen molar-refractivity contribution in [2.75, 3.05) is 0 Å². The fourth-order valence-electron chi connectivity index (χ4n) is 7.13. The molecule has 0 unspecified atom stereocenters. The molecule has 0 aliphatic heterocycles. The van der Waals surface area contributed by atoms with Crippen molar-refractivity contribution in [3.8, 4) is 22.3 Å². The molecule has 1 aliphatic carbocycles. The molecule has 0 saturated heterocycles. The first kappa shape index (κ1) is 24.6. The van der Waals surface area contributed by atoms with Gasteiger partial charge in [0.05, 0.1) is 0 Å². The first-order valence-electron chi connectivity index (χ1n) is 15.1. The summed E-state index contributed by atoms with van der Waals surface area (Å²) in [5.74, 6) is 0. The van der Waals surface area contributed by atoms with Gasteiger partial charge in [0.15, 0.2) is 0 Å². The Bertz CT molecular complexity index is 2390. The molecule has 1 heteroatoms. The van der Waals surface area contributed by atoms with Crippen molar-refractivity contribution in [2.24, 2.45) is 0 Å². The molecule has 0 fully saturated rings. The number of fused-ring (bicyclic) bond motifs is 6. The Morgan fingerprint density at radius 2 is 1.02 bits per heavy atom. The van der Waals surface area contributed by atoms with Gasteiger partial charge in [-0.05, 0) is 79.1 Å². The zero-order chi connectivity index (χ0) is 28.3. The van der Waals surface area contributed by atoms with Crippen molar-refractivity contribution < 1.29 is 0 Å². The number of hydrogen-bond acceptors (Lipinski definition) is 1. The predicted molar refractivity (Wildman–Crippen MR) is 189 cm³/mol. The lowest BCUT2D eigenvalue weighted by Crippen LogP contribution is -1.94. The van der Waals surface area contributed by atoms with Crippen molar-refractivity contribution in [3.05, 3.63) is 151 Å². The smallest absolute Gasteiger partial charge is 0.0434 e. The highest BCUT2D eigenvalue weighted by Crippen LogP contribution is 2.48. The molecule has 1 heterocycles. The van der Waals surface area contributed by atoms with Gasteiger partial charge in [-0.2, -0.15) is 0 Å². The highest BCUT2D eigenvalue weighted by molar-refractivity contribution is 7.26. The van der Waals surface area contributed by atoms with Gasteiger partial charge in [0.1, 0.15) is 0 Å². The largest absolute Gasteiger partial charge is 0.134 e. The van der Waals surface area contributed by atoms with Crippen LogP contribution in [0.5, 0.6) is 0 Å². The molecule has 9 rings (SSSR count). The third-order valence-electron chi connectivity index (χ3n) is 9.07. The van der Waals surface area contributed by atoms with E-state index in [2.05, 4.69) is 146 Å². The minimum Gasteiger partial charge on any atom is -0.134 e. The molecule has 0 N–H and O–H groups in total. The molecule has 0 nitrogen and oxygen atoms in total. The zero-order valence-corrected chi connectivity index (χ0v) is 24.5. The Hall–Kier alpha value is -4.98. The summed E-state index contributed by atoms with van der Waals surface area (Å²) in [5.41, 5.74) is 7.91. The normalized spacial score (nSPS) is 13.4. The maximum atomic E-state index is 2.41. The van der Waals surface area contributed by atoms with E-state index in [1.54, 1.807) is 0 Å². The molecule has 8 aromatic rings. The third kappa shape index (κ3) is 3.82. The maximum absolute atomic E-state index is 2.41. The monoisotopic (exact) mass is 564 g/mol. The van der Waals surface area contributed by atoms with Crippen LogP contribution in [0.1, 0.15) is 18.4 Å². The van der Waals surface area contributed by atoms with Gasteiger partial charge in [0, 0.05) is 25.7 Å². The molecule has 0 radical (unpaired) electrons. The fraction of sp³-hybridized carbons (Fsp3) is 0.0476. The van der Waals surface area contributed by atoms with Crippen LogP contribution >= 0.6 is 11.3 Å². The van der Waals surface area contributed by atoms with Gasteiger partial charge in [0.2, 0.25) is 0 Å². The molecule has 0 amide bonds. The molecule has 1 aromatic heterocycles. The highest BCUT2D eigenvalue weighted by Gasteiger charge is 2.20. The summed E-state index contributed by atoms with van der Waals surface area (Å²) in [4.78, 5) is 0. The van der Waals surface area contributed by atoms with Crippen molar-refractivity contribution >= 4 is 69.4 Å². The maximum Gasteiger partial charge on any atom is 0.0434 e. The van der Waals surface area contributed by atoms with Crippen molar-refractivity contribution in [1.29, 1.82) is 0 Å². The first-order chi connectivity index (χ1) is 21.3. The second-order valence-electron chi connectivity index (χ2n) is 11.5. The molecular weight excluding hydrogens is 537 g/mol. The summed E-state index contributed by atoms with van der Waals surface area (Å²) in [6.45, 7) is 0. The predicted octanol–water partition coefficient (Wildman–Crippen LogP) is 12.6. The molecule has 0 spiro atoms. The number of thiophene rings is 1. The average molecular weight is 565 g/mol. The van der Waals surface area contributed by atoms with Gasteiger partial charge in [-0.15, -0.1) is 11.3 Å². The van der Waals surface area contributed by atoms with Crippen LogP contribution in [0.15, 0.2) is 146 Å². The van der Waals surface area contributed by atoms with Crippen LogP contribution in [0.2, 0.25) is 0 Å². The third-order valence-corrected chi connectivity index (χ3v) is 10.4. The Balaban J connectivity index is 1.36. The van der Waals surface area contributed by atoms with Gasteiger partial charge < -0.3 is 0 Å². The van der Waals surface area contributed by atoms with E-state index in [0.29, 0.717) is 0 Å². The van der Waals surface area contributed by atoms with E-state index in [4.69, 9.17) is 0 Å². The summed E-state index contributed by atoms with van der Waals surface area (Å²) in [7, 11) is 0. The van der Waals surface area contributed by atoms with Crippen molar-refractivity contribution in [3.63, 3.8) is 0 Å². The standard InChI is InChI=1S/C42H28S/c1-2-13-28(14-3-1)39-32-16-6-8-18-34(32)40(35-19-9-7-17-33(35)39)38-23-11-22-37-36-21-10-20-31(41(36)43-42(37)38)30-25-24-27-12-4-5-15-29(27)26-30/h2,4-26H,1,3H2. The quantitative estimate of drug-likeness (QED) is 0.187. The van der Waals surface area contributed by atoms with Crippen molar-refractivity contribution in [2.45, 2.75) is 12.8 Å². The number of hydrogen-bond donors (Lipinski definition) is 0. The highest BCUT2D eigenvalue weighted by atomic mass is 32.1. The van der Waals surface area contributed by atoms with E-state index in [1.165, 1.54) is 85.9 Å². The first-order valence-corrected chi connectivity index (χ1v) is 15.9. The Labute approximate surface area is 254 Å². The summed E-state index contributed by atoms with van der Waals surface area (Å²) >= 11 is 1.94. The van der Waals surface area contributed by atoms with Crippen LogP contribution in [-0.4, -0.2) is 0 Å². The Morgan fingerprint density at radius 1 is 0.442 bits per heavy atom. The van der Waals surface area contributed by atoms with Gasteiger partial charge >= 0.3 is 0 Å². The van der Waals surface area contributed by atoms with Gasteiger partial charge in [-0.3, -0.25) is 0 Å². The molecule has 43 heavy (non-hydrogen) atoms. The van der Waals surface area contributed by atoms with Gasteiger partial charge in [0.25, 0.3) is 0 Å². The Morgan fingerprint density at radius 3 is 1.70 bits per heavy atom. The van der Waals surface area contributed by atoms with Gasteiger partial charge in [-0.25, -0.2) is 0 Å². The zero-order valence-electron chi connectivity index (χ0n) is 23.7. The summed E-state index contributed by atoms with van der Waals surface area (Å²) < 4.78 is 2.70. The van der Waals surface area contributed by atoms with Crippen LogP contribution in [0.3, 0.4) is 0 Å². The molecule has 0 saturated carbocycles. The van der Waals surface area contributed by atoms with Crippen LogP contribution in [0.25, 0.3) is 80.3 Å². The second kappa shape index (κ2) is 9.80. The topological polar surface area (TPSA) is 0 Å². The van der Waals surface area contributed by atoms with E-state index >= 15 is 0 Å². The molecule has 1 aliphatic rings. The van der Waals surface area contributed by atoms with Crippen LogP contribution in [0.4, 0.5) is 0 Å². The molecule has 0 atom stereocenters. The molecule has 202 valence electrons. The lowest BCUT2D eigenvalue weighted by molar-refractivity contribution is 1.04. The van der Waals surface area contributed by atoms with E-state index in [9.17, 15) is 0 Å². The van der Waals surface area contributed by atoms with Crippen LogP contribution in [-0.2, 0) is 0 Å². The SMILES string of the molecule is C1=CC(c2c3ccccc3c(-c3cccc4c3sc3c(-c5ccc6ccccc6c5)cccc34)c3ccccc23)=CCC1. The van der Waals surface area contributed by atoms with E-state index in [-0.39, 0.29) is 0 Å². The average Bonchev–Trinajstić information content (AvgIpc) is 3.47. The van der Waals surface area contributed by atoms with Crippen LogP contribution < -0.4 is 0 Å². The lowest BCUT2D eigenvalue weighted by atomic mass is 9.84. The number of allylic oxidation sites excluding steroid dienone is 4. The number of rotatable bonds is 3. The van der Waals surface area contributed by atoms with Crippen molar-refractivity contribution in [1.82, 2.24) is 0 Å². The summed E-state index contributed by atoms with van der Waals surface area (Å²) in [6, 6.07) is 47.2. The summed E-state index contributed by atoms with van der Waals surface area (Å²) in [5, 5.41) is 10.5. The molecule has 0 bridgehead atoms. The minimum absolute atomic E-state index is 1.09. The minimum atomic E-state index is 1.09. The van der Waals surface area contributed by atoms with E-state index in [1.807, 2.05) is 11.3 Å². The van der Waals surface area contributed by atoms with E-state index < -0.39 is 0 Å². The number of benzene rings is 7. The molecular formula is C42H28S. The van der Waals surface area contributed by atoms with E-state index in [0.717, 1.165) is 12.8 Å².